The van der Waals surface area contributed by atoms with Gasteiger partial charge in [-0.15, -0.1) is 0 Å². The van der Waals surface area contributed by atoms with Gasteiger partial charge in [0.25, 0.3) is 0 Å². The maximum absolute atomic E-state index is 6.06. The molecule has 1 aromatic rings. The van der Waals surface area contributed by atoms with Gasteiger partial charge in [0.05, 0.1) is 0 Å². The highest BCUT2D eigenvalue weighted by Crippen LogP contribution is 2.28. The average molecular weight is 177 g/mol. The maximum atomic E-state index is 6.06. The molecule has 0 radical (unpaired) electrons. The molecule has 13 heavy (non-hydrogen) atoms. The summed E-state index contributed by atoms with van der Waals surface area (Å²) in [6.45, 7) is 0.837. The van der Waals surface area contributed by atoms with Crippen LogP contribution in [0.5, 0.6) is 0 Å². The van der Waals surface area contributed by atoms with Crippen LogP contribution < -0.4 is 11.1 Å². The van der Waals surface area contributed by atoms with E-state index >= 15 is 0 Å². The summed E-state index contributed by atoms with van der Waals surface area (Å²) in [7, 11) is 0. The summed E-state index contributed by atoms with van der Waals surface area (Å²) in [6.07, 6.45) is 5.31. The second-order valence-electron chi connectivity index (χ2n) is 3.78. The third-order valence-electron chi connectivity index (χ3n) is 2.64. The van der Waals surface area contributed by atoms with Crippen molar-refractivity contribution in [2.45, 2.75) is 24.8 Å². The molecule has 3 heteroatoms. The first-order valence-electron chi connectivity index (χ1n) is 4.72. The summed E-state index contributed by atoms with van der Waals surface area (Å²) in [4.78, 5) is 4.17. The standard InChI is InChI=1S/C10H15N3/c11-10(5-3-6-10)8-13-9-4-1-2-7-12-9/h1-2,4,7H,3,5-6,8,11H2,(H,12,13). The average Bonchev–Trinajstić information content (AvgIpc) is 2.13. The monoisotopic (exact) mass is 177 g/mol. The third kappa shape index (κ3) is 1.98. The Morgan fingerprint density at radius 1 is 1.46 bits per heavy atom. The Kier molecular flexibility index (Phi) is 2.19. The zero-order chi connectivity index (χ0) is 9.15. The Hall–Kier alpha value is -1.09. The van der Waals surface area contributed by atoms with Crippen molar-refractivity contribution in [2.75, 3.05) is 11.9 Å². The predicted molar refractivity (Wildman–Crippen MR) is 53.5 cm³/mol. The van der Waals surface area contributed by atoms with Crippen LogP contribution in [0.2, 0.25) is 0 Å². The molecular formula is C10H15N3. The molecule has 0 bridgehead atoms. The van der Waals surface area contributed by atoms with E-state index in [4.69, 9.17) is 5.73 Å². The fraction of sp³-hybridized carbons (Fsp3) is 0.500. The number of nitrogens with one attached hydrogen (secondary N) is 1. The van der Waals surface area contributed by atoms with E-state index in [2.05, 4.69) is 10.3 Å². The van der Waals surface area contributed by atoms with Gasteiger partial charge in [-0.3, -0.25) is 0 Å². The van der Waals surface area contributed by atoms with Crippen LogP contribution in [0.4, 0.5) is 5.82 Å². The minimum absolute atomic E-state index is 0.0253. The van der Waals surface area contributed by atoms with Crippen molar-refractivity contribution in [3.8, 4) is 0 Å². The fourth-order valence-corrected chi connectivity index (χ4v) is 1.54. The molecule has 1 aliphatic rings. The Morgan fingerprint density at radius 2 is 2.31 bits per heavy atom. The van der Waals surface area contributed by atoms with Crippen LogP contribution >= 0.6 is 0 Å². The first-order chi connectivity index (χ1) is 6.29. The number of nitrogens with two attached hydrogens (primary N) is 1. The molecule has 1 fully saturated rings. The summed E-state index contributed by atoms with van der Waals surface area (Å²) in [5.74, 6) is 0.916. The molecule has 3 N–H and O–H groups in total. The molecule has 1 aliphatic carbocycles. The van der Waals surface area contributed by atoms with Gasteiger partial charge in [-0.25, -0.2) is 4.98 Å². The summed E-state index contributed by atoms with van der Waals surface area (Å²) >= 11 is 0. The molecule has 0 aliphatic heterocycles. The van der Waals surface area contributed by atoms with Crippen molar-refractivity contribution in [3.63, 3.8) is 0 Å². The highest BCUT2D eigenvalue weighted by molar-refractivity contribution is 5.34. The molecule has 1 saturated carbocycles. The van der Waals surface area contributed by atoms with E-state index in [0.29, 0.717) is 0 Å². The minimum Gasteiger partial charge on any atom is -0.368 e. The number of anilines is 1. The highest BCUT2D eigenvalue weighted by atomic mass is 15.0. The van der Waals surface area contributed by atoms with Gasteiger partial charge in [-0.1, -0.05) is 6.07 Å². The maximum Gasteiger partial charge on any atom is 0.125 e. The van der Waals surface area contributed by atoms with Gasteiger partial charge in [-0.2, -0.15) is 0 Å². The van der Waals surface area contributed by atoms with E-state index in [1.54, 1.807) is 6.20 Å². The van der Waals surface area contributed by atoms with Crippen molar-refractivity contribution in [3.05, 3.63) is 24.4 Å². The molecule has 3 nitrogen and oxygen atoms in total. The summed E-state index contributed by atoms with van der Waals surface area (Å²) in [5, 5.41) is 3.25. The SMILES string of the molecule is NC1(CNc2ccccn2)CCC1. The molecule has 2 rings (SSSR count). The van der Waals surface area contributed by atoms with Gasteiger partial charge >= 0.3 is 0 Å². The van der Waals surface area contributed by atoms with E-state index in [0.717, 1.165) is 25.2 Å². The van der Waals surface area contributed by atoms with Crippen LogP contribution in [0.1, 0.15) is 19.3 Å². The minimum atomic E-state index is 0.0253. The summed E-state index contributed by atoms with van der Waals surface area (Å²) < 4.78 is 0. The third-order valence-corrected chi connectivity index (χ3v) is 2.64. The lowest BCUT2D eigenvalue weighted by Gasteiger charge is -2.38. The number of nitrogens with zero attached hydrogens (tertiary/aromatic N) is 1. The van der Waals surface area contributed by atoms with Crippen LogP contribution in [-0.2, 0) is 0 Å². The van der Waals surface area contributed by atoms with Gasteiger partial charge in [0.15, 0.2) is 0 Å². The van der Waals surface area contributed by atoms with Gasteiger partial charge in [0.2, 0.25) is 0 Å². The van der Waals surface area contributed by atoms with Crippen LogP contribution in [-0.4, -0.2) is 17.1 Å². The molecule has 1 heterocycles. The summed E-state index contributed by atoms with van der Waals surface area (Å²) in [6, 6.07) is 5.84. The second-order valence-corrected chi connectivity index (χ2v) is 3.78. The number of pyridine rings is 1. The molecular weight excluding hydrogens is 162 g/mol. The van der Waals surface area contributed by atoms with E-state index in [9.17, 15) is 0 Å². The van der Waals surface area contributed by atoms with Crippen molar-refractivity contribution in [1.29, 1.82) is 0 Å². The van der Waals surface area contributed by atoms with Crippen LogP contribution in [0.15, 0.2) is 24.4 Å². The molecule has 0 unspecified atom stereocenters. The smallest absolute Gasteiger partial charge is 0.125 e. The molecule has 0 aromatic carbocycles. The van der Waals surface area contributed by atoms with Crippen molar-refractivity contribution in [1.82, 2.24) is 4.98 Å². The van der Waals surface area contributed by atoms with E-state index in [1.165, 1.54) is 6.42 Å². The lowest BCUT2D eigenvalue weighted by molar-refractivity contribution is 0.265. The van der Waals surface area contributed by atoms with Crippen LogP contribution in [0, 0.1) is 0 Å². The molecule has 0 saturated heterocycles. The van der Waals surface area contributed by atoms with E-state index in [-0.39, 0.29) is 5.54 Å². The van der Waals surface area contributed by atoms with Crippen LogP contribution in [0.3, 0.4) is 0 Å². The largest absolute Gasteiger partial charge is 0.368 e. The fourth-order valence-electron chi connectivity index (χ4n) is 1.54. The second kappa shape index (κ2) is 3.34. The Balaban J connectivity index is 1.86. The molecule has 1 aromatic heterocycles. The zero-order valence-electron chi connectivity index (χ0n) is 7.66. The molecule has 0 amide bonds. The van der Waals surface area contributed by atoms with Crippen molar-refractivity contribution in [2.24, 2.45) is 5.73 Å². The van der Waals surface area contributed by atoms with Crippen LogP contribution in [0.25, 0.3) is 0 Å². The highest BCUT2D eigenvalue weighted by Gasteiger charge is 2.31. The predicted octanol–water partition coefficient (Wildman–Crippen LogP) is 1.37. The summed E-state index contributed by atoms with van der Waals surface area (Å²) in [5.41, 5.74) is 6.09. The van der Waals surface area contributed by atoms with Gasteiger partial charge in [-0.05, 0) is 31.4 Å². The Labute approximate surface area is 78.4 Å². The van der Waals surface area contributed by atoms with Crippen molar-refractivity contribution < 1.29 is 0 Å². The normalized spacial score (nSPS) is 19.2. The molecule has 0 atom stereocenters. The number of rotatable bonds is 3. The topological polar surface area (TPSA) is 50.9 Å². The Bertz CT molecular complexity index is 267. The first kappa shape index (κ1) is 8.51. The van der Waals surface area contributed by atoms with E-state index < -0.39 is 0 Å². The quantitative estimate of drug-likeness (QED) is 0.733. The molecule has 0 spiro atoms. The molecule has 70 valence electrons. The van der Waals surface area contributed by atoms with Gasteiger partial charge < -0.3 is 11.1 Å². The number of hydrogen-bond donors (Lipinski definition) is 2. The van der Waals surface area contributed by atoms with E-state index in [1.807, 2.05) is 18.2 Å². The number of hydrogen-bond acceptors (Lipinski definition) is 3. The lowest BCUT2D eigenvalue weighted by Crippen LogP contribution is -2.52. The number of aromatic nitrogens is 1. The lowest BCUT2D eigenvalue weighted by atomic mass is 9.78. The van der Waals surface area contributed by atoms with Crippen molar-refractivity contribution >= 4 is 5.82 Å². The van der Waals surface area contributed by atoms with Gasteiger partial charge in [0, 0.05) is 18.3 Å². The first-order valence-corrected chi connectivity index (χ1v) is 4.72. The van der Waals surface area contributed by atoms with Gasteiger partial charge in [0.1, 0.15) is 5.82 Å². The Morgan fingerprint density at radius 3 is 2.85 bits per heavy atom. The zero-order valence-corrected chi connectivity index (χ0v) is 7.66.